The van der Waals surface area contributed by atoms with Crippen LogP contribution in [-0.2, 0) is 24.8 Å². The van der Waals surface area contributed by atoms with Crippen molar-refractivity contribution < 1.29 is 26.4 Å². The van der Waals surface area contributed by atoms with Crippen LogP contribution in [0.2, 0.25) is 0 Å². The van der Waals surface area contributed by atoms with Gasteiger partial charge in [0.25, 0.3) is 10.0 Å². The molecule has 1 aliphatic rings. The summed E-state index contributed by atoms with van der Waals surface area (Å²) < 4.78 is 59.0. The molecule has 8 nitrogen and oxygen atoms in total. The fourth-order valence-electron chi connectivity index (χ4n) is 3.10. The first-order valence-corrected chi connectivity index (χ1v) is 11.9. The van der Waals surface area contributed by atoms with Crippen LogP contribution in [0.1, 0.15) is 18.1 Å². The number of carbonyl (C=O) groups is 1. The van der Waals surface area contributed by atoms with Crippen molar-refractivity contribution in [3.8, 4) is 5.75 Å². The molecule has 1 saturated heterocycles. The van der Waals surface area contributed by atoms with E-state index in [0.717, 1.165) is 17.2 Å². The van der Waals surface area contributed by atoms with Crippen molar-refractivity contribution in [2.24, 2.45) is 5.92 Å². The number of ether oxygens (including phenoxy) is 1. The van der Waals surface area contributed by atoms with Gasteiger partial charge in [-0.3, -0.25) is 9.52 Å². The summed E-state index contributed by atoms with van der Waals surface area (Å²) in [6.07, 6.45) is 0. The summed E-state index contributed by atoms with van der Waals surface area (Å²) in [7, 11) is -6.67. The van der Waals surface area contributed by atoms with Crippen LogP contribution in [0, 0.1) is 19.8 Å². The van der Waals surface area contributed by atoms with E-state index >= 15 is 0 Å². The molecule has 1 aliphatic heterocycles. The minimum atomic E-state index is -4.11. The number of aryl methyl sites for hydroxylation is 2. The lowest BCUT2D eigenvalue weighted by Gasteiger charge is -2.18. The van der Waals surface area contributed by atoms with Crippen molar-refractivity contribution >= 4 is 37.3 Å². The van der Waals surface area contributed by atoms with Crippen molar-refractivity contribution in [1.82, 2.24) is 0 Å². The van der Waals surface area contributed by atoms with Gasteiger partial charge in [0, 0.05) is 5.69 Å². The number of amides is 1. The van der Waals surface area contributed by atoms with Gasteiger partial charge in [-0.15, -0.1) is 0 Å². The largest absolute Gasteiger partial charge is 0.495 e. The van der Waals surface area contributed by atoms with E-state index in [9.17, 15) is 21.6 Å². The van der Waals surface area contributed by atoms with Gasteiger partial charge in [0.05, 0.1) is 24.5 Å². The molecule has 3 rings (SSSR count). The number of benzene rings is 2. The van der Waals surface area contributed by atoms with E-state index in [-0.39, 0.29) is 22.1 Å². The Bertz CT molecular complexity index is 1190. The zero-order valence-corrected chi connectivity index (χ0v) is 18.1. The second kappa shape index (κ2) is 7.34. The SMILES string of the molecule is COc1ccc(N2C(=O)C(C)CS2(=O)=O)cc1S(=O)(=O)Nc1ccc(C)c(C)c1. The van der Waals surface area contributed by atoms with E-state index in [1.54, 1.807) is 18.2 Å². The predicted molar refractivity (Wildman–Crippen MR) is 110 cm³/mol. The van der Waals surface area contributed by atoms with Crippen molar-refractivity contribution in [2.45, 2.75) is 25.7 Å². The van der Waals surface area contributed by atoms with Gasteiger partial charge in [-0.2, -0.15) is 0 Å². The maximum atomic E-state index is 13.0. The smallest absolute Gasteiger partial charge is 0.265 e. The lowest BCUT2D eigenvalue weighted by atomic mass is 10.1. The molecule has 156 valence electrons. The van der Waals surface area contributed by atoms with Gasteiger partial charge in [0.2, 0.25) is 15.9 Å². The van der Waals surface area contributed by atoms with Gasteiger partial charge < -0.3 is 4.74 Å². The maximum Gasteiger partial charge on any atom is 0.265 e. The highest BCUT2D eigenvalue weighted by Crippen LogP contribution is 2.34. The first kappa shape index (κ1) is 21.1. The Morgan fingerprint density at radius 1 is 1.10 bits per heavy atom. The van der Waals surface area contributed by atoms with Gasteiger partial charge in [0.15, 0.2) is 0 Å². The van der Waals surface area contributed by atoms with E-state index in [2.05, 4.69) is 4.72 Å². The molecule has 0 radical (unpaired) electrons. The lowest BCUT2D eigenvalue weighted by molar-refractivity contribution is -0.119. The molecule has 1 amide bonds. The Morgan fingerprint density at radius 3 is 2.34 bits per heavy atom. The number of hydrogen-bond donors (Lipinski definition) is 1. The summed E-state index contributed by atoms with van der Waals surface area (Å²) in [5, 5.41) is 0. The Morgan fingerprint density at radius 2 is 1.79 bits per heavy atom. The van der Waals surface area contributed by atoms with Crippen LogP contribution in [0.25, 0.3) is 0 Å². The monoisotopic (exact) mass is 438 g/mol. The summed E-state index contributed by atoms with van der Waals surface area (Å²) in [5.41, 5.74) is 2.24. The Hall–Kier alpha value is -2.59. The summed E-state index contributed by atoms with van der Waals surface area (Å²) in [4.78, 5) is 12.1. The van der Waals surface area contributed by atoms with Gasteiger partial charge in [0.1, 0.15) is 10.6 Å². The molecule has 2 aromatic carbocycles. The first-order chi connectivity index (χ1) is 13.5. The molecular formula is C19H22N2O6S2. The zero-order chi connectivity index (χ0) is 21.6. The summed E-state index contributed by atoms with van der Waals surface area (Å²) in [6.45, 7) is 5.29. The number of rotatable bonds is 5. The van der Waals surface area contributed by atoms with Crippen molar-refractivity contribution in [1.29, 1.82) is 0 Å². The molecule has 0 bridgehead atoms. The van der Waals surface area contributed by atoms with E-state index in [0.29, 0.717) is 9.99 Å². The molecule has 29 heavy (non-hydrogen) atoms. The van der Waals surface area contributed by atoms with E-state index < -0.39 is 31.9 Å². The predicted octanol–water partition coefficient (Wildman–Crippen LogP) is 2.43. The molecule has 0 saturated carbocycles. The highest BCUT2D eigenvalue weighted by molar-refractivity contribution is 7.94. The third-order valence-corrected chi connectivity index (χ3v) is 8.06. The van der Waals surface area contributed by atoms with Crippen molar-refractivity contribution in [2.75, 3.05) is 21.9 Å². The highest BCUT2D eigenvalue weighted by atomic mass is 32.2. The molecule has 0 aliphatic carbocycles. The molecular weight excluding hydrogens is 416 g/mol. The lowest BCUT2D eigenvalue weighted by Crippen LogP contribution is -2.30. The molecule has 0 spiro atoms. The van der Waals surface area contributed by atoms with Gasteiger partial charge in [-0.25, -0.2) is 21.1 Å². The van der Waals surface area contributed by atoms with Crippen molar-refractivity contribution in [3.63, 3.8) is 0 Å². The topological polar surface area (TPSA) is 110 Å². The second-order valence-electron chi connectivity index (χ2n) is 7.02. The van der Waals surface area contributed by atoms with Crippen LogP contribution >= 0.6 is 0 Å². The average molecular weight is 439 g/mol. The van der Waals surface area contributed by atoms with Crippen LogP contribution in [0.15, 0.2) is 41.3 Å². The number of sulfonamides is 2. The number of carbonyl (C=O) groups excluding carboxylic acids is 1. The van der Waals surface area contributed by atoms with Crippen LogP contribution < -0.4 is 13.8 Å². The Balaban J connectivity index is 2.07. The highest BCUT2D eigenvalue weighted by Gasteiger charge is 2.42. The Kier molecular flexibility index (Phi) is 5.35. The third-order valence-electron chi connectivity index (χ3n) is 4.79. The molecule has 1 atom stereocenters. The molecule has 1 N–H and O–H groups in total. The fraction of sp³-hybridized carbons (Fsp3) is 0.316. The van der Waals surface area contributed by atoms with Crippen LogP contribution in [0.3, 0.4) is 0 Å². The number of hydrogen-bond acceptors (Lipinski definition) is 6. The molecule has 0 aromatic heterocycles. The molecule has 10 heteroatoms. The van der Waals surface area contributed by atoms with Gasteiger partial charge >= 0.3 is 0 Å². The minimum absolute atomic E-state index is 0.0298. The molecule has 1 fully saturated rings. The number of methoxy groups -OCH3 is 1. The summed E-state index contributed by atoms with van der Waals surface area (Å²) >= 11 is 0. The molecule has 2 aromatic rings. The van der Waals surface area contributed by atoms with Crippen LogP contribution in [0.4, 0.5) is 11.4 Å². The van der Waals surface area contributed by atoms with E-state index in [4.69, 9.17) is 4.74 Å². The summed E-state index contributed by atoms with van der Waals surface area (Å²) in [5.74, 6) is -1.58. The zero-order valence-electron chi connectivity index (χ0n) is 16.5. The second-order valence-corrected chi connectivity index (χ2v) is 10.5. The molecule has 1 heterocycles. The van der Waals surface area contributed by atoms with Crippen molar-refractivity contribution in [3.05, 3.63) is 47.5 Å². The standard InChI is InChI=1S/C19H22N2O6S2/c1-12-5-6-15(9-13(12)2)20-29(25,26)18-10-16(7-8-17(18)27-4)21-19(22)14(3)11-28(21,23)24/h5-10,14,20H,11H2,1-4H3. The maximum absolute atomic E-state index is 13.0. The van der Waals surface area contributed by atoms with E-state index in [1.807, 2.05) is 13.8 Å². The van der Waals surface area contributed by atoms with Crippen LogP contribution in [0.5, 0.6) is 5.75 Å². The quantitative estimate of drug-likeness (QED) is 0.768. The van der Waals surface area contributed by atoms with E-state index in [1.165, 1.54) is 26.2 Å². The Labute approximate surface area is 170 Å². The first-order valence-electron chi connectivity index (χ1n) is 8.81. The number of nitrogens with one attached hydrogen (secondary N) is 1. The van der Waals surface area contributed by atoms with Gasteiger partial charge in [-0.05, 0) is 55.3 Å². The summed E-state index contributed by atoms with van der Waals surface area (Å²) in [6, 6.07) is 8.93. The van der Waals surface area contributed by atoms with Gasteiger partial charge in [-0.1, -0.05) is 13.0 Å². The average Bonchev–Trinajstić information content (AvgIpc) is 2.84. The van der Waals surface area contributed by atoms with Crippen LogP contribution in [-0.4, -0.2) is 35.6 Å². The minimum Gasteiger partial charge on any atom is -0.495 e. The fourth-order valence-corrected chi connectivity index (χ4v) is 6.16. The third kappa shape index (κ3) is 3.95. The molecule has 1 unspecified atom stereocenters. The number of nitrogens with zero attached hydrogens (tertiary/aromatic N) is 1. The normalized spacial score (nSPS) is 18.7. The number of anilines is 2.